The molecule has 0 aromatic heterocycles. The van der Waals surface area contributed by atoms with Crippen LogP contribution in [0.3, 0.4) is 0 Å². The van der Waals surface area contributed by atoms with E-state index in [4.69, 9.17) is 0 Å². The van der Waals surface area contributed by atoms with E-state index in [1.807, 2.05) is 31.2 Å². The van der Waals surface area contributed by atoms with Gasteiger partial charge < -0.3 is 0 Å². The van der Waals surface area contributed by atoms with Crippen LogP contribution in [0.25, 0.3) is 0 Å². The van der Waals surface area contributed by atoms with Crippen LogP contribution >= 0.6 is 0 Å². The van der Waals surface area contributed by atoms with Gasteiger partial charge in [0.25, 0.3) is 0 Å². The predicted octanol–water partition coefficient (Wildman–Crippen LogP) is 2.06. The summed E-state index contributed by atoms with van der Waals surface area (Å²) in [6, 6.07) is 7.78. The molecule has 70 valence electrons. The van der Waals surface area contributed by atoms with E-state index in [0.29, 0.717) is 5.75 Å². The fourth-order valence-corrected chi connectivity index (χ4v) is 1.78. The van der Waals surface area contributed by atoms with Crippen molar-refractivity contribution < 1.29 is 4.79 Å². The molecular formula is C11H15OS+. The third-order valence-electron chi connectivity index (χ3n) is 1.79. The number of ketones is 1. The number of hydrogen-bond donors (Lipinski definition) is 0. The van der Waals surface area contributed by atoms with Crippen LogP contribution in [-0.4, -0.2) is 24.0 Å². The van der Waals surface area contributed by atoms with Gasteiger partial charge in [-0.05, 0) is 17.8 Å². The van der Waals surface area contributed by atoms with Gasteiger partial charge >= 0.3 is 0 Å². The van der Waals surface area contributed by atoms with Crippen LogP contribution in [0.1, 0.15) is 15.9 Å². The van der Waals surface area contributed by atoms with Crippen molar-refractivity contribution in [3.63, 3.8) is 0 Å². The first kappa shape index (κ1) is 10.3. The van der Waals surface area contributed by atoms with Crippen molar-refractivity contribution in [2.24, 2.45) is 0 Å². The molecule has 0 aliphatic rings. The van der Waals surface area contributed by atoms with Crippen molar-refractivity contribution in [2.45, 2.75) is 6.92 Å². The van der Waals surface area contributed by atoms with Gasteiger partial charge in [-0.3, -0.25) is 4.79 Å². The zero-order valence-electron chi connectivity index (χ0n) is 8.33. The molecule has 1 rings (SSSR count). The second-order valence-electron chi connectivity index (χ2n) is 3.42. The van der Waals surface area contributed by atoms with Gasteiger partial charge in [-0.15, -0.1) is 0 Å². The van der Waals surface area contributed by atoms with E-state index in [0.717, 1.165) is 5.56 Å². The Labute approximate surface area is 82.5 Å². The lowest BCUT2D eigenvalue weighted by Gasteiger charge is -1.99. The summed E-state index contributed by atoms with van der Waals surface area (Å²) in [6.45, 7) is 2.03. The molecule has 0 N–H and O–H groups in total. The van der Waals surface area contributed by atoms with Crippen molar-refractivity contribution >= 4 is 16.7 Å². The monoisotopic (exact) mass is 195 g/mol. The topological polar surface area (TPSA) is 17.1 Å². The first-order chi connectivity index (χ1) is 6.09. The number of hydrogen-bond acceptors (Lipinski definition) is 1. The van der Waals surface area contributed by atoms with E-state index in [-0.39, 0.29) is 16.7 Å². The quantitative estimate of drug-likeness (QED) is 0.533. The number of rotatable bonds is 3. The molecule has 0 heterocycles. The van der Waals surface area contributed by atoms with E-state index in [1.54, 1.807) is 0 Å². The van der Waals surface area contributed by atoms with Gasteiger partial charge in [-0.2, -0.15) is 0 Å². The lowest BCUT2D eigenvalue weighted by atomic mass is 10.1. The summed E-state index contributed by atoms with van der Waals surface area (Å²) in [5.74, 6) is 0.927. The number of aryl methyl sites for hydroxylation is 1. The molecule has 2 heteroatoms. The SMILES string of the molecule is Cc1ccc(C(=O)C[S+](C)C)cc1. The lowest BCUT2D eigenvalue weighted by molar-refractivity contribution is 0.102. The predicted molar refractivity (Wildman–Crippen MR) is 59.6 cm³/mol. The fraction of sp³-hybridized carbons (Fsp3) is 0.364. The summed E-state index contributed by atoms with van der Waals surface area (Å²) in [5, 5.41) is 0. The maximum Gasteiger partial charge on any atom is 0.211 e. The Bertz CT molecular complexity index is 287. The molecule has 0 amide bonds. The Balaban J connectivity index is 2.72. The molecule has 0 spiro atoms. The third kappa shape index (κ3) is 3.23. The van der Waals surface area contributed by atoms with Crippen molar-refractivity contribution in [3.8, 4) is 0 Å². The van der Waals surface area contributed by atoms with Gasteiger partial charge in [0.2, 0.25) is 5.78 Å². The van der Waals surface area contributed by atoms with Gasteiger partial charge in [0.1, 0.15) is 0 Å². The minimum atomic E-state index is 0.199. The molecule has 0 aliphatic heterocycles. The van der Waals surface area contributed by atoms with Crippen LogP contribution in [0.2, 0.25) is 0 Å². The first-order valence-corrected chi connectivity index (χ1v) is 6.44. The standard InChI is InChI=1S/C11H15OS/c1-9-4-6-10(7-5-9)11(12)8-13(2)3/h4-7H,8H2,1-3H3/q+1. The van der Waals surface area contributed by atoms with E-state index >= 15 is 0 Å². The molecule has 0 fully saturated rings. The van der Waals surface area contributed by atoms with Crippen molar-refractivity contribution in [2.75, 3.05) is 18.3 Å². The van der Waals surface area contributed by atoms with Gasteiger partial charge in [-0.25, -0.2) is 0 Å². The Morgan fingerprint density at radius 2 is 1.77 bits per heavy atom. The number of carbonyl (C=O) groups excluding carboxylic acids is 1. The molecule has 0 unspecified atom stereocenters. The Morgan fingerprint density at radius 1 is 1.23 bits per heavy atom. The second-order valence-corrected chi connectivity index (χ2v) is 5.68. The van der Waals surface area contributed by atoms with Crippen LogP contribution < -0.4 is 0 Å². The molecule has 0 aliphatic carbocycles. The highest BCUT2D eigenvalue weighted by Gasteiger charge is 2.12. The minimum Gasteiger partial charge on any atom is -0.289 e. The molecule has 1 aromatic rings. The highest BCUT2D eigenvalue weighted by molar-refractivity contribution is 7.96. The first-order valence-electron chi connectivity index (χ1n) is 4.23. The Hall–Kier alpha value is -0.760. The van der Waals surface area contributed by atoms with Gasteiger partial charge in [0.05, 0.1) is 12.5 Å². The van der Waals surface area contributed by atoms with Crippen LogP contribution in [0.5, 0.6) is 0 Å². The maximum absolute atomic E-state index is 11.6. The average Bonchev–Trinajstić information content (AvgIpc) is 2.04. The van der Waals surface area contributed by atoms with Gasteiger partial charge in [-0.1, -0.05) is 29.8 Å². The molecule has 1 aromatic carbocycles. The smallest absolute Gasteiger partial charge is 0.211 e. The summed E-state index contributed by atoms with van der Waals surface area (Å²) in [4.78, 5) is 11.6. The Morgan fingerprint density at radius 3 is 2.23 bits per heavy atom. The molecular weight excluding hydrogens is 180 g/mol. The van der Waals surface area contributed by atoms with E-state index in [1.165, 1.54) is 5.56 Å². The van der Waals surface area contributed by atoms with Gasteiger partial charge in [0.15, 0.2) is 5.75 Å². The molecule has 0 radical (unpaired) electrons. The largest absolute Gasteiger partial charge is 0.289 e. The lowest BCUT2D eigenvalue weighted by Crippen LogP contribution is -2.13. The summed E-state index contributed by atoms with van der Waals surface area (Å²) in [7, 11) is 0.199. The molecule has 0 bridgehead atoms. The van der Waals surface area contributed by atoms with Crippen molar-refractivity contribution in [1.29, 1.82) is 0 Å². The zero-order chi connectivity index (χ0) is 9.84. The number of Topliss-reactive ketones (excluding diaryl/α,β-unsaturated/α-hetero) is 1. The zero-order valence-corrected chi connectivity index (χ0v) is 9.15. The third-order valence-corrected chi connectivity index (χ3v) is 2.63. The van der Waals surface area contributed by atoms with E-state index < -0.39 is 0 Å². The summed E-state index contributed by atoms with van der Waals surface area (Å²) in [6.07, 6.45) is 4.18. The maximum atomic E-state index is 11.6. The summed E-state index contributed by atoms with van der Waals surface area (Å²) < 4.78 is 0. The average molecular weight is 195 g/mol. The number of carbonyl (C=O) groups is 1. The van der Waals surface area contributed by atoms with E-state index in [9.17, 15) is 4.79 Å². The summed E-state index contributed by atoms with van der Waals surface area (Å²) >= 11 is 0. The number of benzene rings is 1. The van der Waals surface area contributed by atoms with Crippen LogP contribution in [0.15, 0.2) is 24.3 Å². The highest BCUT2D eigenvalue weighted by atomic mass is 32.2. The highest BCUT2D eigenvalue weighted by Crippen LogP contribution is 2.05. The van der Waals surface area contributed by atoms with Crippen molar-refractivity contribution in [1.82, 2.24) is 0 Å². The van der Waals surface area contributed by atoms with Crippen LogP contribution in [0.4, 0.5) is 0 Å². The van der Waals surface area contributed by atoms with Crippen molar-refractivity contribution in [3.05, 3.63) is 35.4 Å². The second kappa shape index (κ2) is 4.47. The molecule has 1 nitrogen and oxygen atoms in total. The Kier molecular flexibility index (Phi) is 3.55. The normalized spacial score (nSPS) is 10.5. The minimum absolute atomic E-state index is 0.199. The molecule has 0 atom stereocenters. The molecule has 13 heavy (non-hydrogen) atoms. The van der Waals surface area contributed by atoms with E-state index in [2.05, 4.69) is 12.5 Å². The van der Waals surface area contributed by atoms with Gasteiger partial charge in [0, 0.05) is 5.56 Å². The van der Waals surface area contributed by atoms with Crippen LogP contribution in [-0.2, 0) is 10.9 Å². The summed E-state index contributed by atoms with van der Waals surface area (Å²) in [5.41, 5.74) is 2.04. The van der Waals surface area contributed by atoms with Crippen LogP contribution in [0, 0.1) is 6.92 Å². The molecule has 0 saturated carbocycles. The molecule has 0 saturated heterocycles. The fourth-order valence-electron chi connectivity index (χ4n) is 1.08.